The van der Waals surface area contributed by atoms with Gasteiger partial charge < -0.3 is 14.8 Å². The van der Waals surface area contributed by atoms with Gasteiger partial charge in [-0.3, -0.25) is 9.59 Å². The Balaban J connectivity index is 1.54. The summed E-state index contributed by atoms with van der Waals surface area (Å²) in [4.78, 5) is 23.4. The lowest BCUT2D eigenvalue weighted by Crippen LogP contribution is -2.34. The minimum absolute atomic E-state index is 0.0756. The fraction of sp³-hybridized carbons (Fsp3) is 0.550. The van der Waals surface area contributed by atoms with Crippen LogP contribution in [-0.4, -0.2) is 31.4 Å². The van der Waals surface area contributed by atoms with Crippen LogP contribution in [0.2, 0.25) is 0 Å². The number of nitrogens with one attached hydrogen (secondary N) is 2. The van der Waals surface area contributed by atoms with E-state index in [0.717, 1.165) is 18.4 Å². The Hall–Kier alpha value is -2.57. The molecule has 0 bridgehead atoms. The molecule has 1 heterocycles. The highest BCUT2D eigenvalue weighted by Gasteiger charge is 2.12. The number of fused-ring (bicyclic) bond motifs is 1. The van der Waals surface area contributed by atoms with Gasteiger partial charge in [0.15, 0.2) is 11.5 Å². The van der Waals surface area contributed by atoms with Crippen LogP contribution in [0.4, 0.5) is 0 Å². The van der Waals surface area contributed by atoms with Crippen molar-refractivity contribution in [3.63, 3.8) is 0 Å². The molecular weight excluding hydrogens is 346 g/mol. The first-order valence-electron chi connectivity index (χ1n) is 9.67. The molecule has 2 N–H and O–H groups in total. The van der Waals surface area contributed by atoms with Gasteiger partial charge in [-0.05, 0) is 30.2 Å². The van der Waals surface area contributed by atoms with Crippen molar-refractivity contribution in [2.45, 2.75) is 58.3 Å². The van der Waals surface area contributed by atoms with Crippen molar-refractivity contribution in [2.24, 2.45) is 5.10 Å². The van der Waals surface area contributed by atoms with E-state index < -0.39 is 0 Å². The van der Waals surface area contributed by atoms with Crippen molar-refractivity contribution in [3.05, 3.63) is 23.8 Å². The molecule has 2 amide bonds. The Labute approximate surface area is 160 Å². The van der Waals surface area contributed by atoms with Crippen molar-refractivity contribution < 1.29 is 19.1 Å². The van der Waals surface area contributed by atoms with Crippen LogP contribution in [0.3, 0.4) is 0 Å². The first-order valence-corrected chi connectivity index (χ1v) is 9.67. The molecule has 0 spiro atoms. The molecule has 0 atom stereocenters. The van der Waals surface area contributed by atoms with Crippen LogP contribution in [0.5, 0.6) is 11.5 Å². The number of hydrazone groups is 1. The number of ether oxygens (including phenoxy) is 2. The average Bonchev–Trinajstić information content (AvgIpc) is 3.13. The van der Waals surface area contributed by atoms with E-state index in [0.29, 0.717) is 17.9 Å². The van der Waals surface area contributed by atoms with Gasteiger partial charge in [0, 0.05) is 6.42 Å². The summed E-state index contributed by atoms with van der Waals surface area (Å²) in [5.74, 6) is 0.890. The molecule has 1 aromatic carbocycles. The maximum Gasteiger partial charge on any atom is 0.259 e. The molecule has 0 unspecified atom stereocenters. The molecule has 0 aromatic heterocycles. The second-order valence-electron chi connectivity index (χ2n) is 6.55. The lowest BCUT2D eigenvalue weighted by molar-refractivity contribution is -0.126. The van der Waals surface area contributed by atoms with Gasteiger partial charge in [0.05, 0.1) is 12.8 Å². The quantitative estimate of drug-likeness (QED) is 0.334. The van der Waals surface area contributed by atoms with E-state index in [1.165, 1.54) is 38.3 Å². The van der Waals surface area contributed by atoms with E-state index in [-0.39, 0.29) is 25.2 Å². The number of benzene rings is 1. The smallest absolute Gasteiger partial charge is 0.259 e. The van der Waals surface area contributed by atoms with Gasteiger partial charge in [-0.1, -0.05) is 45.4 Å². The molecule has 0 aliphatic carbocycles. The first kappa shape index (κ1) is 20.7. The van der Waals surface area contributed by atoms with Gasteiger partial charge in [-0.15, -0.1) is 0 Å². The number of nitrogens with zero attached hydrogens (tertiary/aromatic N) is 1. The highest BCUT2D eigenvalue weighted by Crippen LogP contribution is 2.31. The summed E-state index contributed by atoms with van der Waals surface area (Å²) >= 11 is 0. The summed E-state index contributed by atoms with van der Waals surface area (Å²) in [5.41, 5.74) is 3.17. The van der Waals surface area contributed by atoms with E-state index in [2.05, 4.69) is 22.8 Å². The van der Waals surface area contributed by atoms with Crippen molar-refractivity contribution in [2.75, 3.05) is 13.3 Å². The number of carbonyl (C=O) groups is 2. The van der Waals surface area contributed by atoms with Gasteiger partial charge in [-0.2, -0.15) is 5.10 Å². The van der Waals surface area contributed by atoms with Gasteiger partial charge in [0.25, 0.3) is 5.91 Å². The van der Waals surface area contributed by atoms with E-state index in [4.69, 9.17) is 9.47 Å². The Morgan fingerprint density at radius 1 is 1.04 bits per heavy atom. The molecule has 0 fully saturated rings. The molecular formula is C20H29N3O4. The molecule has 2 rings (SSSR count). The Bertz CT molecular complexity index is 646. The number of rotatable bonds is 12. The number of amides is 2. The monoisotopic (exact) mass is 375 g/mol. The van der Waals surface area contributed by atoms with E-state index in [9.17, 15) is 9.59 Å². The minimum Gasteiger partial charge on any atom is -0.454 e. The lowest BCUT2D eigenvalue weighted by atomic mass is 10.1. The molecule has 1 aliphatic rings. The van der Waals surface area contributed by atoms with Crippen molar-refractivity contribution in [1.29, 1.82) is 0 Å². The third-order valence-electron chi connectivity index (χ3n) is 4.25. The maximum atomic E-state index is 11.7. The Morgan fingerprint density at radius 2 is 1.78 bits per heavy atom. The second-order valence-corrected chi connectivity index (χ2v) is 6.55. The second kappa shape index (κ2) is 11.9. The molecule has 7 nitrogen and oxygen atoms in total. The summed E-state index contributed by atoms with van der Waals surface area (Å²) in [6.07, 6.45) is 10.1. The summed E-state index contributed by atoms with van der Waals surface area (Å²) in [6, 6.07) is 5.38. The van der Waals surface area contributed by atoms with Gasteiger partial charge in [-0.25, -0.2) is 5.43 Å². The number of carbonyl (C=O) groups excluding carboxylic acids is 2. The number of hydrogen-bond acceptors (Lipinski definition) is 5. The summed E-state index contributed by atoms with van der Waals surface area (Å²) in [7, 11) is 0. The van der Waals surface area contributed by atoms with Crippen LogP contribution in [0.25, 0.3) is 0 Å². The summed E-state index contributed by atoms with van der Waals surface area (Å²) < 4.78 is 10.5. The molecule has 7 heteroatoms. The topological polar surface area (TPSA) is 89.0 Å². The zero-order chi connectivity index (χ0) is 19.3. The first-order chi connectivity index (χ1) is 13.2. The molecule has 27 heavy (non-hydrogen) atoms. The predicted octanol–water partition coefficient (Wildman–Crippen LogP) is 3.12. The highest BCUT2D eigenvalue weighted by molar-refractivity contribution is 5.86. The largest absolute Gasteiger partial charge is 0.454 e. The fourth-order valence-electron chi connectivity index (χ4n) is 2.72. The number of unbranched alkanes of at least 4 members (excludes halogenated alkanes) is 6. The van der Waals surface area contributed by atoms with Crippen molar-refractivity contribution >= 4 is 18.0 Å². The molecule has 0 saturated heterocycles. The average molecular weight is 375 g/mol. The van der Waals surface area contributed by atoms with Gasteiger partial charge >= 0.3 is 0 Å². The summed E-state index contributed by atoms with van der Waals surface area (Å²) in [6.45, 7) is 2.34. The highest BCUT2D eigenvalue weighted by atomic mass is 16.7. The summed E-state index contributed by atoms with van der Waals surface area (Å²) in [5, 5.41) is 6.50. The van der Waals surface area contributed by atoms with Gasteiger partial charge in [0.2, 0.25) is 12.7 Å². The van der Waals surface area contributed by atoms with Crippen LogP contribution in [-0.2, 0) is 9.59 Å². The van der Waals surface area contributed by atoms with Crippen LogP contribution >= 0.6 is 0 Å². The molecule has 1 aliphatic heterocycles. The van der Waals surface area contributed by atoms with Crippen molar-refractivity contribution in [3.8, 4) is 11.5 Å². The zero-order valence-corrected chi connectivity index (χ0v) is 16.0. The van der Waals surface area contributed by atoms with Crippen LogP contribution in [0.1, 0.15) is 63.9 Å². The Kier molecular flexibility index (Phi) is 9.17. The van der Waals surface area contributed by atoms with Crippen molar-refractivity contribution in [1.82, 2.24) is 10.7 Å². The molecule has 0 saturated carbocycles. The standard InChI is InChI=1S/C20H29N3O4/c1-2-3-4-5-6-7-8-9-19(24)21-14-20(25)23-22-13-16-10-11-17-18(12-16)27-15-26-17/h10-13H,2-9,14-15H2,1H3,(H,21,24)(H,23,25)/b22-13+. The Morgan fingerprint density at radius 3 is 2.59 bits per heavy atom. The van der Waals surface area contributed by atoms with Crippen LogP contribution < -0.4 is 20.2 Å². The maximum absolute atomic E-state index is 11.7. The normalized spacial score (nSPS) is 12.3. The fourth-order valence-corrected chi connectivity index (χ4v) is 2.72. The minimum atomic E-state index is -0.361. The van der Waals surface area contributed by atoms with Crippen LogP contribution in [0.15, 0.2) is 23.3 Å². The lowest BCUT2D eigenvalue weighted by Gasteiger charge is -2.04. The van der Waals surface area contributed by atoms with E-state index >= 15 is 0 Å². The van der Waals surface area contributed by atoms with E-state index in [1.807, 2.05) is 6.07 Å². The third-order valence-corrected chi connectivity index (χ3v) is 4.25. The van der Waals surface area contributed by atoms with Gasteiger partial charge in [0.1, 0.15) is 0 Å². The van der Waals surface area contributed by atoms with Crippen LogP contribution in [0, 0.1) is 0 Å². The number of hydrogen-bond donors (Lipinski definition) is 2. The zero-order valence-electron chi connectivity index (χ0n) is 16.0. The van der Waals surface area contributed by atoms with E-state index in [1.54, 1.807) is 12.1 Å². The molecule has 0 radical (unpaired) electrons. The molecule has 1 aromatic rings. The third kappa shape index (κ3) is 8.11. The molecule has 148 valence electrons. The predicted molar refractivity (Wildman–Crippen MR) is 104 cm³/mol. The SMILES string of the molecule is CCCCCCCCCC(=O)NCC(=O)N/N=C/c1ccc2c(c1)OCO2.